The highest BCUT2D eigenvalue weighted by Crippen LogP contribution is 2.47. The van der Waals surface area contributed by atoms with Crippen molar-refractivity contribution in [3.63, 3.8) is 0 Å². The Morgan fingerprint density at radius 1 is 1.31 bits per heavy atom. The molecule has 1 saturated carbocycles. The predicted octanol–water partition coefficient (Wildman–Crippen LogP) is 1.90. The Labute approximate surface area is 77.4 Å². The van der Waals surface area contributed by atoms with Gasteiger partial charge in [0, 0.05) is 12.0 Å². The molecule has 2 aliphatic carbocycles. The van der Waals surface area contributed by atoms with Crippen LogP contribution >= 0.6 is 0 Å². The van der Waals surface area contributed by atoms with Gasteiger partial charge in [-0.15, -0.1) is 0 Å². The zero-order valence-corrected chi connectivity index (χ0v) is 7.39. The van der Waals surface area contributed by atoms with E-state index < -0.39 is 0 Å². The summed E-state index contributed by atoms with van der Waals surface area (Å²) in [6.07, 6.45) is 7.50. The smallest absolute Gasteiger partial charge is 0.109 e. The molecule has 4 unspecified atom stereocenters. The quantitative estimate of drug-likeness (QED) is 0.662. The summed E-state index contributed by atoms with van der Waals surface area (Å²) in [7, 11) is 0. The van der Waals surface area contributed by atoms with Crippen LogP contribution in [0.15, 0.2) is 35.0 Å². The van der Waals surface area contributed by atoms with Gasteiger partial charge in [-0.1, -0.05) is 12.2 Å². The summed E-state index contributed by atoms with van der Waals surface area (Å²) in [6, 6.07) is 4.25. The molecule has 2 bridgehead atoms. The fraction of sp³-hybridized carbons (Fsp3) is 0.455. The molecule has 68 valence electrons. The van der Waals surface area contributed by atoms with Crippen LogP contribution in [0.3, 0.4) is 0 Å². The molecule has 0 aromatic carbocycles. The van der Waals surface area contributed by atoms with E-state index in [-0.39, 0.29) is 6.04 Å². The summed E-state index contributed by atoms with van der Waals surface area (Å²) in [5, 5.41) is 0. The Morgan fingerprint density at radius 2 is 2.15 bits per heavy atom. The predicted molar refractivity (Wildman–Crippen MR) is 50.2 cm³/mol. The lowest BCUT2D eigenvalue weighted by Crippen LogP contribution is -2.31. The van der Waals surface area contributed by atoms with E-state index in [0.717, 1.165) is 5.76 Å². The first-order valence-corrected chi connectivity index (χ1v) is 4.83. The van der Waals surface area contributed by atoms with Gasteiger partial charge in [-0.25, -0.2) is 0 Å². The molecule has 1 fully saturated rings. The maximum atomic E-state index is 6.14. The first kappa shape index (κ1) is 7.39. The van der Waals surface area contributed by atoms with Crippen molar-refractivity contribution >= 4 is 0 Å². The molecule has 3 rings (SSSR count). The highest BCUT2D eigenvalue weighted by Gasteiger charge is 2.44. The minimum Gasteiger partial charge on any atom is -0.469 e. The van der Waals surface area contributed by atoms with Gasteiger partial charge in [-0.2, -0.15) is 0 Å². The molecule has 13 heavy (non-hydrogen) atoms. The fourth-order valence-electron chi connectivity index (χ4n) is 2.74. The summed E-state index contributed by atoms with van der Waals surface area (Å²) >= 11 is 0. The van der Waals surface area contributed by atoms with Crippen molar-refractivity contribution in [3.05, 3.63) is 36.3 Å². The monoisotopic (exact) mass is 175 g/mol. The van der Waals surface area contributed by atoms with E-state index in [1.165, 1.54) is 6.42 Å². The van der Waals surface area contributed by atoms with Gasteiger partial charge in [-0.3, -0.25) is 0 Å². The average molecular weight is 175 g/mol. The molecule has 0 amide bonds. The number of fused-ring (bicyclic) bond motifs is 2. The van der Waals surface area contributed by atoms with E-state index in [9.17, 15) is 0 Å². The maximum absolute atomic E-state index is 6.14. The summed E-state index contributed by atoms with van der Waals surface area (Å²) in [6.45, 7) is 0. The van der Waals surface area contributed by atoms with Gasteiger partial charge in [0.1, 0.15) is 5.76 Å². The first-order valence-electron chi connectivity index (χ1n) is 4.83. The minimum absolute atomic E-state index is 0.265. The van der Waals surface area contributed by atoms with Crippen LogP contribution in [-0.2, 0) is 0 Å². The van der Waals surface area contributed by atoms with Gasteiger partial charge in [0.15, 0.2) is 0 Å². The summed E-state index contributed by atoms with van der Waals surface area (Å²) in [4.78, 5) is 0. The molecule has 2 aliphatic rings. The number of hydrogen-bond acceptors (Lipinski definition) is 2. The molecule has 0 aliphatic heterocycles. The Morgan fingerprint density at radius 3 is 2.77 bits per heavy atom. The van der Waals surface area contributed by atoms with E-state index in [0.29, 0.717) is 17.8 Å². The van der Waals surface area contributed by atoms with Crippen LogP contribution in [0.5, 0.6) is 0 Å². The molecule has 1 aromatic rings. The molecular weight excluding hydrogens is 162 g/mol. The van der Waals surface area contributed by atoms with Crippen molar-refractivity contribution in [1.29, 1.82) is 0 Å². The molecule has 2 N–H and O–H groups in total. The van der Waals surface area contributed by atoms with Crippen LogP contribution in [0.2, 0.25) is 0 Å². The standard InChI is InChI=1S/C11H13NO/c12-11-8-4-3-7(6-8)10(11)9-2-1-5-13-9/h1-5,7-8,10-11H,6,12H2. The number of nitrogens with two attached hydrogens (primary N) is 1. The van der Waals surface area contributed by atoms with E-state index >= 15 is 0 Å². The van der Waals surface area contributed by atoms with E-state index in [1.54, 1.807) is 6.26 Å². The maximum Gasteiger partial charge on any atom is 0.109 e. The number of hydrogen-bond donors (Lipinski definition) is 1. The summed E-state index contributed by atoms with van der Waals surface area (Å²) in [5.41, 5.74) is 6.14. The highest BCUT2D eigenvalue weighted by atomic mass is 16.3. The van der Waals surface area contributed by atoms with Gasteiger partial charge in [0.05, 0.1) is 6.26 Å². The lowest BCUT2D eigenvalue weighted by Gasteiger charge is -2.22. The lowest BCUT2D eigenvalue weighted by atomic mass is 9.87. The fourth-order valence-corrected chi connectivity index (χ4v) is 2.74. The summed E-state index contributed by atoms with van der Waals surface area (Å²) in [5.74, 6) is 2.68. The Hall–Kier alpha value is -1.02. The van der Waals surface area contributed by atoms with Gasteiger partial charge >= 0.3 is 0 Å². The number of allylic oxidation sites excluding steroid dienone is 1. The summed E-state index contributed by atoms with van der Waals surface area (Å²) < 4.78 is 5.43. The molecule has 2 nitrogen and oxygen atoms in total. The molecule has 0 saturated heterocycles. The minimum atomic E-state index is 0.265. The van der Waals surface area contributed by atoms with E-state index in [4.69, 9.17) is 10.2 Å². The van der Waals surface area contributed by atoms with Crippen LogP contribution in [0.1, 0.15) is 18.1 Å². The van der Waals surface area contributed by atoms with Crippen molar-refractivity contribution in [2.75, 3.05) is 0 Å². The van der Waals surface area contributed by atoms with Gasteiger partial charge in [-0.05, 0) is 30.4 Å². The average Bonchev–Trinajstić information content (AvgIpc) is 2.76. The third-order valence-corrected chi connectivity index (χ3v) is 3.39. The van der Waals surface area contributed by atoms with Crippen LogP contribution in [0, 0.1) is 11.8 Å². The Bertz CT molecular complexity index is 328. The molecule has 0 spiro atoms. The topological polar surface area (TPSA) is 39.2 Å². The van der Waals surface area contributed by atoms with Crippen molar-refractivity contribution in [2.45, 2.75) is 18.4 Å². The molecular formula is C11H13NO. The van der Waals surface area contributed by atoms with Crippen LogP contribution < -0.4 is 5.73 Å². The van der Waals surface area contributed by atoms with Crippen molar-refractivity contribution < 1.29 is 4.42 Å². The SMILES string of the molecule is NC1C2C=CC(C2)C1c1ccco1. The van der Waals surface area contributed by atoms with Gasteiger partial charge in [0.25, 0.3) is 0 Å². The van der Waals surface area contributed by atoms with Gasteiger partial charge in [0.2, 0.25) is 0 Å². The first-order chi connectivity index (χ1) is 6.36. The second kappa shape index (κ2) is 2.48. The zero-order valence-electron chi connectivity index (χ0n) is 7.39. The zero-order chi connectivity index (χ0) is 8.84. The Kier molecular flexibility index (Phi) is 1.41. The van der Waals surface area contributed by atoms with Gasteiger partial charge < -0.3 is 10.2 Å². The largest absolute Gasteiger partial charge is 0.469 e. The second-order valence-electron chi connectivity index (χ2n) is 4.07. The van der Waals surface area contributed by atoms with Crippen molar-refractivity contribution in [1.82, 2.24) is 0 Å². The molecule has 1 heterocycles. The van der Waals surface area contributed by atoms with Crippen LogP contribution in [-0.4, -0.2) is 6.04 Å². The molecule has 1 aromatic heterocycles. The second-order valence-corrected chi connectivity index (χ2v) is 4.07. The normalized spacial score (nSPS) is 41.6. The van der Waals surface area contributed by atoms with Crippen molar-refractivity contribution in [3.8, 4) is 0 Å². The van der Waals surface area contributed by atoms with Crippen LogP contribution in [0.4, 0.5) is 0 Å². The number of rotatable bonds is 1. The Balaban J connectivity index is 1.98. The van der Waals surface area contributed by atoms with Crippen LogP contribution in [0.25, 0.3) is 0 Å². The third-order valence-electron chi connectivity index (χ3n) is 3.39. The van der Waals surface area contributed by atoms with E-state index in [1.807, 2.05) is 12.1 Å². The molecule has 4 atom stereocenters. The third kappa shape index (κ3) is 0.923. The lowest BCUT2D eigenvalue weighted by molar-refractivity contribution is 0.399. The highest BCUT2D eigenvalue weighted by molar-refractivity contribution is 5.25. The molecule has 0 radical (unpaired) electrons. The number of furan rings is 1. The van der Waals surface area contributed by atoms with Crippen molar-refractivity contribution in [2.24, 2.45) is 17.6 Å². The van der Waals surface area contributed by atoms with E-state index in [2.05, 4.69) is 12.2 Å². The molecule has 2 heteroatoms.